The molecule has 2 aromatic carbocycles. The highest BCUT2D eigenvalue weighted by molar-refractivity contribution is 6.01. The van der Waals surface area contributed by atoms with Gasteiger partial charge in [0.1, 0.15) is 5.75 Å². The van der Waals surface area contributed by atoms with Crippen LogP contribution in [-0.2, 0) is 16.1 Å². The molecule has 0 radical (unpaired) electrons. The Bertz CT molecular complexity index is 1530. The molecule has 45 heavy (non-hydrogen) atoms. The topological polar surface area (TPSA) is 91.8 Å². The number of benzene rings is 2. The predicted molar refractivity (Wildman–Crippen MR) is 173 cm³/mol. The first-order valence-electron chi connectivity index (χ1n) is 16.3. The molecule has 3 aliphatic rings. The molecule has 0 saturated carbocycles. The quantitative estimate of drug-likeness (QED) is 0.288. The van der Waals surface area contributed by atoms with Crippen LogP contribution >= 0.6 is 0 Å². The number of para-hydroxylation sites is 1. The van der Waals surface area contributed by atoms with Crippen LogP contribution in [0.4, 0.5) is 0 Å². The van der Waals surface area contributed by atoms with Gasteiger partial charge in [0.25, 0.3) is 11.8 Å². The Morgan fingerprint density at radius 1 is 0.911 bits per heavy atom. The van der Waals surface area contributed by atoms with Crippen molar-refractivity contribution in [3.05, 3.63) is 107 Å². The number of aromatic nitrogens is 1. The average molecular weight is 607 g/mol. The zero-order valence-corrected chi connectivity index (χ0v) is 25.8. The van der Waals surface area contributed by atoms with Crippen molar-refractivity contribution in [1.82, 2.24) is 20.1 Å². The van der Waals surface area contributed by atoms with Gasteiger partial charge in [-0.1, -0.05) is 54.1 Å². The minimum atomic E-state index is -0.682. The van der Waals surface area contributed by atoms with E-state index in [4.69, 9.17) is 4.74 Å². The second kappa shape index (κ2) is 14.5. The second-order valence-electron chi connectivity index (χ2n) is 12.2. The lowest BCUT2D eigenvalue weighted by molar-refractivity contribution is -0.134. The van der Waals surface area contributed by atoms with Crippen molar-refractivity contribution >= 4 is 17.7 Å². The first kappa shape index (κ1) is 30.6. The van der Waals surface area contributed by atoms with Gasteiger partial charge in [-0.2, -0.15) is 0 Å². The Morgan fingerprint density at radius 2 is 1.71 bits per heavy atom. The van der Waals surface area contributed by atoms with Gasteiger partial charge in [0.05, 0.1) is 12.0 Å². The van der Waals surface area contributed by atoms with E-state index >= 15 is 0 Å². The number of rotatable bonds is 10. The maximum atomic E-state index is 14.3. The number of hydrogen-bond acceptors (Lipinski definition) is 5. The Kier molecular flexibility index (Phi) is 9.88. The van der Waals surface area contributed by atoms with Crippen LogP contribution in [0.3, 0.4) is 0 Å². The molecule has 0 bridgehead atoms. The van der Waals surface area contributed by atoms with E-state index in [2.05, 4.69) is 16.4 Å². The van der Waals surface area contributed by atoms with Gasteiger partial charge in [-0.15, -0.1) is 0 Å². The van der Waals surface area contributed by atoms with Crippen molar-refractivity contribution < 1.29 is 19.1 Å². The van der Waals surface area contributed by atoms with E-state index in [1.807, 2.05) is 70.5 Å². The van der Waals surface area contributed by atoms with Crippen LogP contribution in [0.25, 0.3) is 0 Å². The molecule has 0 spiro atoms. The molecule has 1 aliphatic carbocycles. The molecule has 3 heterocycles. The number of hydrogen-bond donors (Lipinski definition) is 1. The van der Waals surface area contributed by atoms with Gasteiger partial charge in [-0.05, 0) is 80.7 Å². The number of nitrogens with zero attached hydrogens (tertiary/aromatic N) is 3. The van der Waals surface area contributed by atoms with E-state index in [1.54, 1.807) is 12.4 Å². The van der Waals surface area contributed by atoms with Gasteiger partial charge in [0, 0.05) is 49.7 Å². The van der Waals surface area contributed by atoms with E-state index < -0.39 is 12.0 Å². The van der Waals surface area contributed by atoms with E-state index in [9.17, 15) is 14.4 Å². The van der Waals surface area contributed by atoms with Gasteiger partial charge < -0.3 is 19.9 Å². The second-order valence-corrected chi connectivity index (χ2v) is 12.2. The number of amides is 3. The number of allylic oxidation sites excluding steroid dienone is 1. The van der Waals surface area contributed by atoms with E-state index in [1.165, 1.54) is 12.0 Å². The minimum absolute atomic E-state index is 0.0403. The summed E-state index contributed by atoms with van der Waals surface area (Å²) in [7, 11) is 0. The van der Waals surface area contributed by atoms with Crippen LogP contribution in [0.15, 0.2) is 84.7 Å². The van der Waals surface area contributed by atoms with Crippen LogP contribution in [0, 0.1) is 0 Å². The summed E-state index contributed by atoms with van der Waals surface area (Å²) in [5, 5.41) is 3.13. The van der Waals surface area contributed by atoms with Gasteiger partial charge in [0.2, 0.25) is 5.91 Å². The predicted octanol–water partition coefficient (Wildman–Crippen LogP) is 5.96. The summed E-state index contributed by atoms with van der Waals surface area (Å²) in [6.07, 6.45) is 14.1. The summed E-state index contributed by atoms with van der Waals surface area (Å²) in [5.41, 5.74) is 4.23. The van der Waals surface area contributed by atoms with Crippen molar-refractivity contribution in [2.45, 2.75) is 69.9 Å². The Labute approximate surface area is 265 Å². The lowest BCUT2D eigenvalue weighted by atomic mass is 9.78. The largest absolute Gasteiger partial charge is 0.483 e. The van der Waals surface area contributed by atoms with Gasteiger partial charge >= 0.3 is 0 Å². The fraction of sp³-hybridized carbons (Fsp3) is 0.405. The number of fused-ring (bicyclic) bond motifs is 1. The van der Waals surface area contributed by atoms with Crippen LogP contribution in [0.2, 0.25) is 0 Å². The number of pyridine rings is 1. The van der Waals surface area contributed by atoms with Crippen molar-refractivity contribution in [2.24, 2.45) is 0 Å². The summed E-state index contributed by atoms with van der Waals surface area (Å²) < 4.78 is 6.25. The molecular formula is C37H42N4O4. The van der Waals surface area contributed by atoms with E-state index in [0.29, 0.717) is 30.0 Å². The molecular weight excluding hydrogens is 564 g/mol. The molecule has 3 aromatic rings. The lowest BCUT2D eigenvalue weighted by Gasteiger charge is -2.42. The van der Waals surface area contributed by atoms with Crippen LogP contribution in [0.5, 0.6) is 5.75 Å². The van der Waals surface area contributed by atoms with Gasteiger partial charge in [0.15, 0.2) is 6.61 Å². The molecule has 2 atom stereocenters. The number of carbonyl (C=O) groups excluding carboxylic acids is 3. The van der Waals surface area contributed by atoms with Crippen molar-refractivity contribution in [3.63, 3.8) is 0 Å². The maximum Gasteiger partial charge on any atom is 0.260 e. The third-order valence-electron chi connectivity index (χ3n) is 9.27. The average Bonchev–Trinajstić information content (AvgIpc) is 3.10. The van der Waals surface area contributed by atoms with Gasteiger partial charge in [-0.25, -0.2) is 0 Å². The van der Waals surface area contributed by atoms with E-state index in [-0.39, 0.29) is 24.3 Å². The number of likely N-dealkylation sites (tertiary alicyclic amines) is 1. The maximum absolute atomic E-state index is 14.3. The highest BCUT2D eigenvalue weighted by Crippen LogP contribution is 2.46. The molecule has 1 N–H and O–H groups in total. The summed E-state index contributed by atoms with van der Waals surface area (Å²) in [5.74, 6) is -0.473. The normalized spacial score (nSPS) is 19.8. The summed E-state index contributed by atoms with van der Waals surface area (Å²) in [6, 6.07) is 18.2. The number of piperidine rings is 1. The monoisotopic (exact) mass is 606 g/mol. The zero-order valence-electron chi connectivity index (χ0n) is 25.8. The van der Waals surface area contributed by atoms with Crippen LogP contribution in [0.1, 0.15) is 90.4 Å². The highest BCUT2D eigenvalue weighted by atomic mass is 16.5. The first-order valence-corrected chi connectivity index (χ1v) is 16.3. The third kappa shape index (κ3) is 7.11. The summed E-state index contributed by atoms with van der Waals surface area (Å²) in [4.78, 5) is 49.5. The van der Waals surface area contributed by atoms with Crippen molar-refractivity contribution in [2.75, 3.05) is 26.2 Å². The molecule has 8 heteroatoms. The van der Waals surface area contributed by atoms with Crippen LogP contribution < -0.4 is 10.1 Å². The smallest absolute Gasteiger partial charge is 0.260 e. The standard InChI is InChI=1S/C37H42N4O4/c42-33(40-21-9-2-10-22-40)26-45-32-18-8-7-17-31(32)35-34(36(43)39-25-28-14-11-20-38-24-28)29-15-5-6-16-30(29)37(44)41(35)23-19-27-12-3-1-4-13-27/h5-8,11-12,14-18,20,24,34-35H,1-4,9-10,13,19,21-23,25-26H2,(H,39,43). The zero-order chi connectivity index (χ0) is 31.0. The summed E-state index contributed by atoms with van der Waals surface area (Å²) in [6.45, 7) is 2.22. The Balaban J connectivity index is 1.36. The minimum Gasteiger partial charge on any atom is -0.483 e. The fourth-order valence-electron chi connectivity index (χ4n) is 6.89. The molecule has 1 saturated heterocycles. The van der Waals surface area contributed by atoms with E-state index in [0.717, 1.165) is 69.2 Å². The first-order chi connectivity index (χ1) is 22.1. The van der Waals surface area contributed by atoms with Crippen molar-refractivity contribution in [3.8, 4) is 5.75 Å². The Hall–Kier alpha value is -4.46. The van der Waals surface area contributed by atoms with Gasteiger partial charge in [-0.3, -0.25) is 19.4 Å². The molecule has 6 rings (SSSR count). The number of carbonyl (C=O) groups is 3. The third-order valence-corrected chi connectivity index (χ3v) is 9.27. The number of nitrogens with one attached hydrogen (secondary N) is 1. The molecule has 1 aromatic heterocycles. The van der Waals surface area contributed by atoms with Crippen LogP contribution in [-0.4, -0.2) is 58.7 Å². The summed E-state index contributed by atoms with van der Waals surface area (Å²) >= 11 is 0. The lowest BCUT2D eigenvalue weighted by Crippen LogP contribution is -2.48. The molecule has 1 fully saturated rings. The van der Waals surface area contributed by atoms with Crippen molar-refractivity contribution in [1.29, 1.82) is 0 Å². The molecule has 8 nitrogen and oxygen atoms in total. The highest BCUT2D eigenvalue weighted by Gasteiger charge is 2.45. The molecule has 234 valence electrons. The number of ether oxygens (including phenoxy) is 1. The molecule has 2 aliphatic heterocycles. The SMILES string of the molecule is O=C(NCc1cccnc1)C1c2ccccc2C(=O)N(CCC2=CCCCC2)C1c1ccccc1OCC(=O)N1CCCCC1. The fourth-order valence-corrected chi connectivity index (χ4v) is 6.89. The Morgan fingerprint density at radius 3 is 2.49 bits per heavy atom. The molecule has 2 unspecified atom stereocenters. The molecule has 3 amide bonds.